The topological polar surface area (TPSA) is 41.1 Å². The Labute approximate surface area is 115 Å². The van der Waals surface area contributed by atoms with Gasteiger partial charge in [-0.05, 0) is 30.7 Å². The van der Waals surface area contributed by atoms with Crippen LogP contribution in [0.4, 0.5) is 20.2 Å². The van der Waals surface area contributed by atoms with Gasteiger partial charge in [-0.3, -0.25) is 4.79 Å². The van der Waals surface area contributed by atoms with Crippen LogP contribution in [0.3, 0.4) is 0 Å². The molecule has 2 rings (SSSR count). The van der Waals surface area contributed by atoms with E-state index in [0.29, 0.717) is 0 Å². The first-order chi connectivity index (χ1) is 9.58. The molecule has 0 aromatic heterocycles. The van der Waals surface area contributed by atoms with Crippen LogP contribution in [-0.2, 0) is 4.79 Å². The molecule has 3 nitrogen and oxygen atoms in total. The van der Waals surface area contributed by atoms with Gasteiger partial charge in [0.1, 0.15) is 17.3 Å². The van der Waals surface area contributed by atoms with Gasteiger partial charge < -0.3 is 10.6 Å². The molecule has 2 aromatic rings. The number of amides is 1. The van der Waals surface area contributed by atoms with E-state index in [1.54, 1.807) is 0 Å². The maximum Gasteiger partial charge on any atom is 0.243 e. The van der Waals surface area contributed by atoms with E-state index in [1.165, 1.54) is 6.07 Å². The van der Waals surface area contributed by atoms with E-state index < -0.39 is 23.2 Å². The van der Waals surface area contributed by atoms with Gasteiger partial charge in [0.05, 0.1) is 6.54 Å². The van der Waals surface area contributed by atoms with E-state index in [4.69, 9.17) is 0 Å². The zero-order valence-corrected chi connectivity index (χ0v) is 10.9. The summed E-state index contributed by atoms with van der Waals surface area (Å²) in [6.07, 6.45) is 0. The Morgan fingerprint density at radius 3 is 2.35 bits per heavy atom. The summed E-state index contributed by atoms with van der Waals surface area (Å²) in [5.74, 6) is -2.11. The van der Waals surface area contributed by atoms with E-state index >= 15 is 0 Å². The van der Waals surface area contributed by atoms with Crippen molar-refractivity contribution < 1.29 is 13.6 Å². The predicted octanol–water partition coefficient (Wildman–Crippen LogP) is 3.32. The molecule has 0 aliphatic carbocycles. The summed E-state index contributed by atoms with van der Waals surface area (Å²) in [6, 6.07) is 10.9. The molecule has 0 saturated heterocycles. The normalized spacial score (nSPS) is 10.2. The summed E-state index contributed by atoms with van der Waals surface area (Å²) in [5.41, 5.74) is 1.36. The standard InChI is InChI=1S/C15H14F2N2O/c1-10-5-2-3-8-13(10)18-9-14(20)19-15-11(16)6-4-7-12(15)17/h2-8,18H,9H2,1H3,(H,19,20). The highest BCUT2D eigenvalue weighted by Gasteiger charge is 2.11. The quantitative estimate of drug-likeness (QED) is 0.899. The van der Waals surface area contributed by atoms with Crippen LogP contribution in [0, 0.1) is 18.6 Å². The van der Waals surface area contributed by atoms with Crippen molar-refractivity contribution >= 4 is 17.3 Å². The molecule has 0 saturated carbocycles. The molecule has 0 aliphatic heterocycles. The van der Waals surface area contributed by atoms with Crippen molar-refractivity contribution in [2.45, 2.75) is 6.92 Å². The van der Waals surface area contributed by atoms with E-state index in [0.717, 1.165) is 23.4 Å². The van der Waals surface area contributed by atoms with Crippen LogP contribution in [0.2, 0.25) is 0 Å². The second kappa shape index (κ2) is 6.14. The fourth-order valence-electron chi connectivity index (χ4n) is 1.75. The number of carbonyl (C=O) groups is 1. The van der Waals surface area contributed by atoms with Crippen molar-refractivity contribution in [1.82, 2.24) is 0 Å². The third-order valence-corrected chi connectivity index (χ3v) is 2.81. The lowest BCUT2D eigenvalue weighted by Crippen LogP contribution is -2.23. The Bertz CT molecular complexity index is 609. The maximum absolute atomic E-state index is 13.4. The number of rotatable bonds is 4. The van der Waals surface area contributed by atoms with Gasteiger partial charge >= 0.3 is 0 Å². The molecule has 0 unspecified atom stereocenters. The Kier molecular flexibility index (Phi) is 4.30. The first kappa shape index (κ1) is 14.0. The van der Waals surface area contributed by atoms with E-state index in [1.807, 2.05) is 31.2 Å². The van der Waals surface area contributed by atoms with Gasteiger partial charge in [0.2, 0.25) is 5.91 Å². The van der Waals surface area contributed by atoms with Gasteiger partial charge in [-0.15, -0.1) is 0 Å². The minimum atomic E-state index is -0.797. The molecule has 2 aromatic carbocycles. The zero-order chi connectivity index (χ0) is 14.5. The molecule has 0 radical (unpaired) electrons. The van der Waals surface area contributed by atoms with Crippen molar-refractivity contribution in [2.24, 2.45) is 0 Å². The predicted molar refractivity (Wildman–Crippen MR) is 74.7 cm³/mol. The molecule has 0 heterocycles. The lowest BCUT2D eigenvalue weighted by molar-refractivity contribution is -0.114. The summed E-state index contributed by atoms with van der Waals surface area (Å²) in [7, 11) is 0. The average Bonchev–Trinajstić information content (AvgIpc) is 2.42. The van der Waals surface area contributed by atoms with Crippen LogP contribution in [0.1, 0.15) is 5.56 Å². The van der Waals surface area contributed by atoms with Gasteiger partial charge in [0.25, 0.3) is 0 Å². The first-order valence-electron chi connectivity index (χ1n) is 6.11. The van der Waals surface area contributed by atoms with Gasteiger partial charge in [0, 0.05) is 5.69 Å². The summed E-state index contributed by atoms with van der Waals surface area (Å²) in [5, 5.41) is 5.13. The fraction of sp³-hybridized carbons (Fsp3) is 0.133. The Morgan fingerprint density at radius 1 is 1.05 bits per heavy atom. The number of halogens is 2. The molecule has 0 atom stereocenters. The van der Waals surface area contributed by atoms with Crippen molar-refractivity contribution in [2.75, 3.05) is 17.2 Å². The largest absolute Gasteiger partial charge is 0.376 e. The van der Waals surface area contributed by atoms with Crippen LogP contribution in [0.5, 0.6) is 0 Å². The molecular formula is C15H14F2N2O. The van der Waals surface area contributed by atoms with Crippen LogP contribution >= 0.6 is 0 Å². The van der Waals surface area contributed by atoms with Crippen molar-refractivity contribution in [3.8, 4) is 0 Å². The molecule has 5 heteroatoms. The van der Waals surface area contributed by atoms with E-state index in [9.17, 15) is 13.6 Å². The third-order valence-electron chi connectivity index (χ3n) is 2.81. The SMILES string of the molecule is Cc1ccccc1NCC(=O)Nc1c(F)cccc1F. The number of benzene rings is 2. The van der Waals surface area contributed by atoms with Crippen LogP contribution in [-0.4, -0.2) is 12.5 Å². The Balaban J connectivity index is 1.98. The van der Waals surface area contributed by atoms with Gasteiger partial charge in [-0.2, -0.15) is 0 Å². The van der Waals surface area contributed by atoms with Crippen molar-refractivity contribution in [1.29, 1.82) is 0 Å². The maximum atomic E-state index is 13.4. The molecule has 1 amide bonds. The molecular weight excluding hydrogens is 262 g/mol. The lowest BCUT2D eigenvalue weighted by Gasteiger charge is -2.10. The minimum absolute atomic E-state index is 0.0708. The number of anilines is 2. The van der Waals surface area contributed by atoms with Gasteiger partial charge in [-0.25, -0.2) is 8.78 Å². The smallest absolute Gasteiger partial charge is 0.243 e. The highest BCUT2D eigenvalue weighted by atomic mass is 19.1. The molecule has 0 aliphatic rings. The number of aryl methyl sites for hydroxylation is 1. The number of para-hydroxylation sites is 2. The third kappa shape index (κ3) is 3.32. The van der Waals surface area contributed by atoms with Crippen molar-refractivity contribution in [3.63, 3.8) is 0 Å². The fourth-order valence-corrected chi connectivity index (χ4v) is 1.75. The van der Waals surface area contributed by atoms with Gasteiger partial charge in [-0.1, -0.05) is 24.3 Å². The molecule has 20 heavy (non-hydrogen) atoms. The van der Waals surface area contributed by atoms with Gasteiger partial charge in [0.15, 0.2) is 0 Å². The van der Waals surface area contributed by atoms with E-state index in [-0.39, 0.29) is 6.54 Å². The number of carbonyl (C=O) groups excluding carboxylic acids is 1. The lowest BCUT2D eigenvalue weighted by atomic mass is 10.2. The Morgan fingerprint density at radius 2 is 1.70 bits per heavy atom. The summed E-state index contributed by atoms with van der Waals surface area (Å²) in [4.78, 5) is 11.7. The highest BCUT2D eigenvalue weighted by Crippen LogP contribution is 2.18. The monoisotopic (exact) mass is 276 g/mol. The molecule has 0 fully saturated rings. The Hall–Kier alpha value is -2.43. The summed E-state index contributed by atoms with van der Waals surface area (Å²) in [6.45, 7) is 1.83. The molecule has 2 N–H and O–H groups in total. The zero-order valence-electron chi connectivity index (χ0n) is 10.9. The molecule has 0 spiro atoms. The molecule has 104 valence electrons. The number of hydrogen-bond acceptors (Lipinski definition) is 2. The van der Waals surface area contributed by atoms with Crippen LogP contribution < -0.4 is 10.6 Å². The minimum Gasteiger partial charge on any atom is -0.376 e. The average molecular weight is 276 g/mol. The highest BCUT2D eigenvalue weighted by molar-refractivity contribution is 5.94. The molecule has 0 bridgehead atoms. The van der Waals surface area contributed by atoms with Crippen LogP contribution in [0.25, 0.3) is 0 Å². The number of nitrogens with one attached hydrogen (secondary N) is 2. The number of hydrogen-bond donors (Lipinski definition) is 2. The second-order valence-corrected chi connectivity index (χ2v) is 4.31. The van der Waals surface area contributed by atoms with E-state index in [2.05, 4.69) is 10.6 Å². The second-order valence-electron chi connectivity index (χ2n) is 4.31. The first-order valence-corrected chi connectivity index (χ1v) is 6.11. The summed E-state index contributed by atoms with van der Waals surface area (Å²) < 4.78 is 26.7. The summed E-state index contributed by atoms with van der Waals surface area (Å²) >= 11 is 0. The van der Waals surface area contributed by atoms with Crippen LogP contribution in [0.15, 0.2) is 42.5 Å². The van der Waals surface area contributed by atoms with Crippen molar-refractivity contribution in [3.05, 3.63) is 59.7 Å².